The van der Waals surface area contributed by atoms with Crippen LogP contribution in [0.2, 0.25) is 0 Å². The Bertz CT molecular complexity index is 897. The molecule has 168 valence electrons. The molecule has 1 N–H and O–H groups in total. The highest BCUT2D eigenvalue weighted by Gasteiger charge is 2.23. The normalized spacial score (nSPS) is 11.3. The van der Waals surface area contributed by atoms with Crippen molar-refractivity contribution in [2.45, 2.75) is 25.8 Å². The molecule has 0 fully saturated rings. The maximum absolute atomic E-state index is 12.7. The monoisotopic (exact) mass is 431 g/mol. The van der Waals surface area contributed by atoms with E-state index in [1.54, 1.807) is 51.5 Å². The molecule has 2 aromatic carbocycles. The maximum Gasteiger partial charge on any atom is 0.328 e. The molecule has 0 spiro atoms. The van der Waals surface area contributed by atoms with Gasteiger partial charge in [-0.2, -0.15) is 0 Å². The zero-order valence-corrected chi connectivity index (χ0v) is 18.5. The summed E-state index contributed by atoms with van der Waals surface area (Å²) in [6.45, 7) is 1.93. The second-order valence-corrected chi connectivity index (χ2v) is 6.63. The van der Waals surface area contributed by atoms with Crippen LogP contribution in [0.15, 0.2) is 36.4 Å². The van der Waals surface area contributed by atoms with Crippen LogP contribution in [0.5, 0.6) is 23.0 Å². The van der Waals surface area contributed by atoms with Crippen molar-refractivity contribution in [3.05, 3.63) is 47.5 Å². The van der Waals surface area contributed by atoms with Gasteiger partial charge in [-0.1, -0.05) is 12.1 Å². The molecule has 1 atom stereocenters. The van der Waals surface area contributed by atoms with E-state index in [0.717, 1.165) is 11.1 Å². The molecule has 0 unspecified atom stereocenters. The lowest BCUT2D eigenvalue weighted by Gasteiger charge is -2.18. The zero-order chi connectivity index (χ0) is 22.8. The van der Waals surface area contributed by atoms with Gasteiger partial charge in [0.2, 0.25) is 5.91 Å². The van der Waals surface area contributed by atoms with Crippen molar-refractivity contribution in [2.24, 2.45) is 0 Å². The molecular formula is C23H29NO7. The average Bonchev–Trinajstić information content (AvgIpc) is 2.78. The Morgan fingerprint density at radius 1 is 0.806 bits per heavy atom. The van der Waals surface area contributed by atoms with Gasteiger partial charge in [-0.05, 0) is 42.3 Å². The Morgan fingerprint density at radius 3 is 1.84 bits per heavy atom. The van der Waals surface area contributed by atoms with Crippen molar-refractivity contribution in [1.29, 1.82) is 0 Å². The first kappa shape index (κ1) is 23.9. The summed E-state index contributed by atoms with van der Waals surface area (Å²) in [5, 5.41) is 2.77. The fourth-order valence-corrected chi connectivity index (χ4v) is 3.10. The first-order valence-corrected chi connectivity index (χ1v) is 9.83. The molecule has 2 aromatic rings. The molecule has 1 amide bonds. The summed E-state index contributed by atoms with van der Waals surface area (Å²) >= 11 is 0. The Labute approximate surface area is 182 Å². The topological polar surface area (TPSA) is 92.3 Å². The number of hydrogen-bond donors (Lipinski definition) is 1. The van der Waals surface area contributed by atoms with Gasteiger partial charge >= 0.3 is 5.97 Å². The highest BCUT2D eigenvalue weighted by Crippen LogP contribution is 2.29. The van der Waals surface area contributed by atoms with Crippen LogP contribution in [-0.2, 0) is 27.2 Å². The van der Waals surface area contributed by atoms with Crippen LogP contribution in [0.1, 0.15) is 18.1 Å². The molecular weight excluding hydrogens is 402 g/mol. The van der Waals surface area contributed by atoms with Crippen molar-refractivity contribution in [3.63, 3.8) is 0 Å². The number of ether oxygens (including phenoxy) is 5. The van der Waals surface area contributed by atoms with E-state index in [0.29, 0.717) is 23.0 Å². The summed E-state index contributed by atoms with van der Waals surface area (Å²) in [4.78, 5) is 25.1. The fraction of sp³-hybridized carbons (Fsp3) is 0.391. The molecule has 8 heteroatoms. The van der Waals surface area contributed by atoms with Crippen LogP contribution >= 0.6 is 0 Å². The first-order valence-electron chi connectivity index (χ1n) is 9.83. The second kappa shape index (κ2) is 11.7. The number of benzene rings is 2. The third-order valence-electron chi connectivity index (χ3n) is 4.61. The molecule has 0 heterocycles. The summed E-state index contributed by atoms with van der Waals surface area (Å²) in [7, 11) is 6.16. The molecule has 0 aromatic heterocycles. The van der Waals surface area contributed by atoms with Crippen LogP contribution in [0, 0.1) is 0 Å². The van der Waals surface area contributed by atoms with Crippen LogP contribution in [-0.4, -0.2) is 53.0 Å². The number of hydrogen-bond acceptors (Lipinski definition) is 7. The van der Waals surface area contributed by atoms with Gasteiger partial charge in [0.25, 0.3) is 0 Å². The van der Waals surface area contributed by atoms with Gasteiger partial charge in [0, 0.05) is 6.42 Å². The SMILES string of the molecule is CCOC(=O)[C@H](Cc1ccc(OC)c(OC)c1)NC(=O)Cc1ccc(OC)c(OC)c1. The van der Waals surface area contributed by atoms with Crippen LogP contribution in [0.4, 0.5) is 0 Å². The number of carbonyl (C=O) groups is 2. The maximum atomic E-state index is 12.7. The van der Waals surface area contributed by atoms with E-state index >= 15 is 0 Å². The molecule has 0 aliphatic rings. The number of methoxy groups -OCH3 is 4. The summed E-state index contributed by atoms with van der Waals surface area (Å²) in [6.07, 6.45) is 0.319. The number of rotatable bonds is 11. The summed E-state index contributed by atoms with van der Waals surface area (Å²) < 4.78 is 26.2. The molecule has 0 saturated carbocycles. The molecule has 0 aliphatic heterocycles. The lowest BCUT2D eigenvalue weighted by atomic mass is 10.0. The van der Waals surface area contributed by atoms with Gasteiger partial charge in [0.05, 0.1) is 41.5 Å². The average molecular weight is 431 g/mol. The summed E-state index contributed by atoms with van der Waals surface area (Å²) in [6, 6.07) is 9.72. The zero-order valence-electron chi connectivity index (χ0n) is 18.5. The van der Waals surface area contributed by atoms with Gasteiger partial charge in [0.1, 0.15) is 6.04 Å². The van der Waals surface area contributed by atoms with E-state index in [1.165, 1.54) is 14.2 Å². The quantitative estimate of drug-likeness (QED) is 0.547. The lowest BCUT2D eigenvalue weighted by molar-refractivity contribution is -0.147. The minimum atomic E-state index is -0.842. The molecule has 0 aliphatic carbocycles. The van der Waals surface area contributed by atoms with E-state index in [4.69, 9.17) is 23.7 Å². The summed E-state index contributed by atoms with van der Waals surface area (Å²) in [5.41, 5.74) is 1.52. The van der Waals surface area contributed by atoms with Crippen LogP contribution < -0.4 is 24.3 Å². The standard InChI is InChI=1S/C23H29NO7/c1-6-31-23(26)17(11-15-7-9-18(27-2)20(12-15)29-4)24-22(25)14-16-8-10-19(28-3)21(13-16)30-5/h7-10,12-13,17H,6,11,14H2,1-5H3,(H,24,25)/t17-/m0/s1. The largest absolute Gasteiger partial charge is 0.493 e. The van der Waals surface area contributed by atoms with Gasteiger partial charge in [0.15, 0.2) is 23.0 Å². The highest BCUT2D eigenvalue weighted by molar-refractivity contribution is 5.86. The molecule has 2 rings (SSSR count). The predicted octanol–water partition coefficient (Wildman–Crippen LogP) is 2.55. The van der Waals surface area contributed by atoms with E-state index < -0.39 is 12.0 Å². The molecule has 0 bridgehead atoms. The van der Waals surface area contributed by atoms with Gasteiger partial charge in [-0.15, -0.1) is 0 Å². The molecule has 0 saturated heterocycles. The molecule has 8 nitrogen and oxygen atoms in total. The van der Waals surface area contributed by atoms with Crippen molar-refractivity contribution in [1.82, 2.24) is 5.32 Å². The smallest absolute Gasteiger partial charge is 0.328 e. The predicted molar refractivity (Wildman–Crippen MR) is 115 cm³/mol. The second-order valence-electron chi connectivity index (χ2n) is 6.63. The fourth-order valence-electron chi connectivity index (χ4n) is 3.10. The van der Waals surface area contributed by atoms with Crippen molar-refractivity contribution in [3.8, 4) is 23.0 Å². The van der Waals surface area contributed by atoms with Crippen LogP contribution in [0.3, 0.4) is 0 Å². The summed E-state index contributed by atoms with van der Waals surface area (Å²) in [5.74, 6) is 1.41. The Kier molecular flexibility index (Phi) is 8.99. The number of nitrogens with one attached hydrogen (secondary N) is 1. The van der Waals surface area contributed by atoms with E-state index in [9.17, 15) is 9.59 Å². The van der Waals surface area contributed by atoms with E-state index in [1.807, 2.05) is 6.07 Å². The van der Waals surface area contributed by atoms with Crippen molar-refractivity contribution >= 4 is 11.9 Å². The minimum absolute atomic E-state index is 0.0716. The van der Waals surface area contributed by atoms with Crippen molar-refractivity contribution < 1.29 is 33.3 Å². The highest BCUT2D eigenvalue weighted by atomic mass is 16.5. The molecule has 31 heavy (non-hydrogen) atoms. The Morgan fingerprint density at radius 2 is 1.32 bits per heavy atom. The van der Waals surface area contributed by atoms with E-state index in [2.05, 4.69) is 5.32 Å². The lowest BCUT2D eigenvalue weighted by Crippen LogP contribution is -2.44. The van der Waals surface area contributed by atoms with Gasteiger partial charge in [-0.25, -0.2) is 4.79 Å². The van der Waals surface area contributed by atoms with Crippen LogP contribution in [0.25, 0.3) is 0 Å². The van der Waals surface area contributed by atoms with E-state index in [-0.39, 0.29) is 25.4 Å². The van der Waals surface area contributed by atoms with Crippen molar-refractivity contribution in [2.75, 3.05) is 35.0 Å². The minimum Gasteiger partial charge on any atom is -0.493 e. The van der Waals surface area contributed by atoms with Gasteiger partial charge < -0.3 is 29.0 Å². The number of esters is 1. The third kappa shape index (κ3) is 6.53. The molecule has 0 radical (unpaired) electrons. The number of carbonyl (C=O) groups excluding carboxylic acids is 2. The van der Waals surface area contributed by atoms with Gasteiger partial charge in [-0.3, -0.25) is 4.79 Å². The Hall–Kier alpha value is -3.42. The number of amides is 1. The third-order valence-corrected chi connectivity index (χ3v) is 4.61. The first-order chi connectivity index (χ1) is 14.9. The Balaban J connectivity index is 2.15.